The highest BCUT2D eigenvalue weighted by atomic mass is 16.3. The van der Waals surface area contributed by atoms with E-state index in [0.717, 1.165) is 0 Å². The van der Waals surface area contributed by atoms with Crippen LogP contribution in [0.3, 0.4) is 0 Å². The summed E-state index contributed by atoms with van der Waals surface area (Å²) in [4.78, 5) is 26.5. The van der Waals surface area contributed by atoms with Gasteiger partial charge in [-0.05, 0) is 24.0 Å². The topological polar surface area (TPSA) is 106 Å². The Hall–Kier alpha value is -2.50. The summed E-state index contributed by atoms with van der Waals surface area (Å²) in [6.45, 7) is 7.70. The summed E-state index contributed by atoms with van der Waals surface area (Å²) in [5.74, 6) is 0.0274. The molecule has 0 fully saturated rings. The van der Waals surface area contributed by atoms with Crippen LogP contribution in [0.2, 0.25) is 0 Å². The molecule has 2 heterocycles. The minimum absolute atomic E-state index is 0.164. The zero-order valence-electron chi connectivity index (χ0n) is 13.2. The molecule has 0 unspecified atom stereocenters. The van der Waals surface area contributed by atoms with Gasteiger partial charge in [0.15, 0.2) is 11.5 Å². The molecule has 22 heavy (non-hydrogen) atoms. The van der Waals surface area contributed by atoms with E-state index in [-0.39, 0.29) is 23.3 Å². The van der Waals surface area contributed by atoms with E-state index in [4.69, 9.17) is 0 Å². The lowest BCUT2D eigenvalue weighted by atomic mass is 10.0. The molecule has 0 aliphatic carbocycles. The standard InChI is InChI=1S/2C8H11NO2/c2*1-5(2)6-3-4-9-8(11)7(6)10/h2*3-5,10H,1-2H3,(H,9,11). The van der Waals surface area contributed by atoms with E-state index >= 15 is 0 Å². The van der Waals surface area contributed by atoms with Gasteiger partial charge in [0.2, 0.25) is 0 Å². The summed E-state index contributed by atoms with van der Waals surface area (Å²) < 4.78 is 0. The van der Waals surface area contributed by atoms with Gasteiger partial charge in [0.05, 0.1) is 0 Å². The molecule has 4 N–H and O–H groups in total. The summed E-state index contributed by atoms with van der Waals surface area (Å²) in [6, 6.07) is 3.42. The second kappa shape index (κ2) is 7.49. The average molecular weight is 306 g/mol. The van der Waals surface area contributed by atoms with Crippen molar-refractivity contribution in [3.63, 3.8) is 0 Å². The first kappa shape index (κ1) is 17.6. The molecule has 0 spiro atoms. The number of rotatable bonds is 2. The summed E-state index contributed by atoms with van der Waals surface area (Å²) in [6.07, 6.45) is 3.08. The fraction of sp³-hybridized carbons (Fsp3) is 0.375. The van der Waals surface area contributed by atoms with Crippen LogP contribution in [0.15, 0.2) is 34.1 Å². The van der Waals surface area contributed by atoms with Crippen LogP contribution >= 0.6 is 0 Å². The Morgan fingerprint density at radius 3 is 1.32 bits per heavy atom. The lowest BCUT2D eigenvalue weighted by Gasteiger charge is -2.05. The number of hydrogen-bond donors (Lipinski definition) is 4. The highest BCUT2D eigenvalue weighted by molar-refractivity contribution is 5.31. The number of hydrogen-bond acceptors (Lipinski definition) is 4. The molecule has 2 aromatic heterocycles. The molecule has 0 amide bonds. The summed E-state index contributed by atoms with van der Waals surface area (Å²) in [7, 11) is 0. The number of aromatic hydroxyl groups is 2. The highest BCUT2D eigenvalue weighted by Crippen LogP contribution is 2.20. The molecular formula is C16H22N2O4. The Labute approximate surface area is 128 Å². The van der Waals surface area contributed by atoms with E-state index in [9.17, 15) is 19.8 Å². The molecule has 0 aromatic carbocycles. The maximum atomic E-state index is 10.8. The van der Waals surface area contributed by atoms with Crippen molar-refractivity contribution < 1.29 is 10.2 Å². The SMILES string of the molecule is CC(C)c1cc[nH]c(=O)c1O.CC(C)c1cc[nH]c(=O)c1O. The Morgan fingerprint density at radius 2 is 1.09 bits per heavy atom. The summed E-state index contributed by atoms with van der Waals surface area (Å²) in [5, 5.41) is 18.4. The Bertz CT molecular complexity index is 666. The van der Waals surface area contributed by atoms with Crippen molar-refractivity contribution in [1.82, 2.24) is 9.97 Å². The molecule has 2 aromatic rings. The molecule has 0 saturated heterocycles. The predicted octanol–water partition coefficient (Wildman–Crippen LogP) is 2.41. The van der Waals surface area contributed by atoms with Crippen LogP contribution in [-0.4, -0.2) is 20.2 Å². The van der Waals surface area contributed by atoms with E-state index in [1.54, 1.807) is 12.1 Å². The van der Waals surface area contributed by atoms with Crippen LogP contribution in [0.1, 0.15) is 50.7 Å². The first-order valence-electron chi connectivity index (χ1n) is 7.06. The van der Waals surface area contributed by atoms with E-state index in [0.29, 0.717) is 11.1 Å². The Morgan fingerprint density at radius 1 is 0.773 bits per heavy atom. The van der Waals surface area contributed by atoms with Crippen molar-refractivity contribution in [1.29, 1.82) is 0 Å². The molecule has 0 radical (unpaired) electrons. The van der Waals surface area contributed by atoms with E-state index in [2.05, 4.69) is 9.97 Å². The average Bonchev–Trinajstić information content (AvgIpc) is 2.45. The molecule has 120 valence electrons. The molecule has 6 heteroatoms. The van der Waals surface area contributed by atoms with Crippen LogP contribution in [-0.2, 0) is 0 Å². The minimum atomic E-state index is -0.420. The third-order valence-corrected chi connectivity index (χ3v) is 3.18. The molecule has 0 aliphatic rings. The van der Waals surface area contributed by atoms with Crippen LogP contribution in [0.4, 0.5) is 0 Å². The lowest BCUT2D eigenvalue weighted by Crippen LogP contribution is -2.06. The van der Waals surface area contributed by atoms with Gasteiger partial charge in [-0.25, -0.2) is 0 Å². The van der Waals surface area contributed by atoms with Gasteiger partial charge >= 0.3 is 0 Å². The van der Waals surface area contributed by atoms with Gasteiger partial charge in [-0.2, -0.15) is 0 Å². The molecule has 0 saturated carbocycles. The molecule has 0 bridgehead atoms. The van der Waals surface area contributed by atoms with E-state index in [1.807, 2.05) is 27.7 Å². The van der Waals surface area contributed by atoms with Crippen molar-refractivity contribution >= 4 is 0 Å². The van der Waals surface area contributed by atoms with Gasteiger partial charge in [-0.15, -0.1) is 0 Å². The largest absolute Gasteiger partial charge is 0.503 e. The van der Waals surface area contributed by atoms with E-state index in [1.165, 1.54) is 12.4 Å². The summed E-state index contributed by atoms with van der Waals surface area (Å²) >= 11 is 0. The fourth-order valence-electron chi connectivity index (χ4n) is 1.90. The van der Waals surface area contributed by atoms with Crippen molar-refractivity contribution in [3.8, 4) is 11.5 Å². The normalized spacial score (nSPS) is 10.5. The second-order valence-corrected chi connectivity index (χ2v) is 5.53. The Balaban J connectivity index is 0.000000220. The third-order valence-electron chi connectivity index (χ3n) is 3.18. The first-order chi connectivity index (χ1) is 10.3. The van der Waals surface area contributed by atoms with Crippen LogP contribution in [0.5, 0.6) is 11.5 Å². The molecule has 0 atom stereocenters. The van der Waals surface area contributed by atoms with Gasteiger partial charge in [0, 0.05) is 23.5 Å². The van der Waals surface area contributed by atoms with Gasteiger partial charge < -0.3 is 20.2 Å². The lowest BCUT2D eigenvalue weighted by molar-refractivity contribution is 0.455. The number of nitrogens with one attached hydrogen (secondary N) is 2. The quantitative estimate of drug-likeness (QED) is 0.683. The van der Waals surface area contributed by atoms with Crippen LogP contribution in [0.25, 0.3) is 0 Å². The fourth-order valence-corrected chi connectivity index (χ4v) is 1.90. The highest BCUT2D eigenvalue weighted by Gasteiger charge is 2.07. The van der Waals surface area contributed by atoms with Crippen LogP contribution in [0, 0.1) is 0 Å². The van der Waals surface area contributed by atoms with Crippen molar-refractivity contribution in [3.05, 3.63) is 56.4 Å². The number of aromatic nitrogens is 2. The maximum absolute atomic E-state index is 10.8. The van der Waals surface area contributed by atoms with E-state index < -0.39 is 11.1 Å². The third kappa shape index (κ3) is 4.25. The Kier molecular flexibility index (Phi) is 5.98. The smallest absolute Gasteiger partial charge is 0.290 e. The molecule has 0 aliphatic heterocycles. The number of aromatic amines is 2. The maximum Gasteiger partial charge on any atom is 0.290 e. The molecular weight excluding hydrogens is 284 g/mol. The van der Waals surface area contributed by atoms with Crippen LogP contribution < -0.4 is 11.1 Å². The minimum Gasteiger partial charge on any atom is -0.503 e. The van der Waals surface area contributed by atoms with Crippen molar-refractivity contribution in [2.75, 3.05) is 0 Å². The van der Waals surface area contributed by atoms with Gasteiger partial charge in [0.1, 0.15) is 0 Å². The number of pyridine rings is 2. The van der Waals surface area contributed by atoms with Gasteiger partial charge in [-0.1, -0.05) is 27.7 Å². The monoisotopic (exact) mass is 306 g/mol. The van der Waals surface area contributed by atoms with Gasteiger partial charge in [-0.3, -0.25) is 9.59 Å². The first-order valence-corrected chi connectivity index (χ1v) is 7.06. The second-order valence-electron chi connectivity index (χ2n) is 5.53. The van der Waals surface area contributed by atoms with Gasteiger partial charge in [0.25, 0.3) is 11.1 Å². The van der Waals surface area contributed by atoms with Crippen molar-refractivity contribution in [2.45, 2.75) is 39.5 Å². The van der Waals surface area contributed by atoms with Crippen molar-refractivity contribution in [2.24, 2.45) is 0 Å². The predicted molar refractivity (Wildman–Crippen MR) is 85.6 cm³/mol. The zero-order valence-corrected chi connectivity index (χ0v) is 13.2. The molecule has 2 rings (SSSR count). The number of H-pyrrole nitrogens is 2. The molecule has 6 nitrogen and oxygen atoms in total. The zero-order chi connectivity index (χ0) is 16.9. The summed E-state index contributed by atoms with van der Waals surface area (Å²) in [5.41, 5.74) is 0.537.